The highest BCUT2D eigenvalue weighted by Gasteiger charge is 2.21. The third-order valence-corrected chi connectivity index (χ3v) is 6.10. The highest BCUT2D eigenvalue weighted by Crippen LogP contribution is 2.34. The number of benzene rings is 2. The molecule has 0 fully saturated rings. The van der Waals surface area contributed by atoms with Gasteiger partial charge in [0.1, 0.15) is 6.33 Å². The predicted octanol–water partition coefficient (Wildman–Crippen LogP) is 4.53. The number of aryl methyl sites for hydroxylation is 1. The van der Waals surface area contributed by atoms with Crippen LogP contribution in [0.15, 0.2) is 58.2 Å². The van der Waals surface area contributed by atoms with Gasteiger partial charge in [0.25, 0.3) is 11.6 Å². The maximum Gasteiger partial charge on any atom is 0.284 e. The fraction of sp³-hybridized carbons (Fsp3) is 0.0526. The zero-order chi connectivity index (χ0) is 22.8. The topological polar surface area (TPSA) is 116 Å². The number of nitrogens with zero attached hydrogens (tertiary/aromatic N) is 5. The standard InChI is InChI=1S/C19H12F2N6O3S2/c1-26-9-22-25-19(26)32-16-5-3-11(7-15(16)27(29)30)17(28)24-18-23-14(8-31-18)10-2-4-12(20)13(21)6-10/h2-9H,1H3,(H,23,24,28). The fourth-order valence-electron chi connectivity index (χ4n) is 2.64. The van der Waals surface area contributed by atoms with Crippen molar-refractivity contribution in [3.05, 3.63) is 75.4 Å². The summed E-state index contributed by atoms with van der Waals surface area (Å²) >= 11 is 2.13. The molecule has 2 heterocycles. The zero-order valence-electron chi connectivity index (χ0n) is 16.2. The van der Waals surface area contributed by atoms with Crippen LogP contribution in [0.1, 0.15) is 10.4 Å². The Hall–Kier alpha value is -3.71. The van der Waals surface area contributed by atoms with Crippen molar-refractivity contribution in [1.29, 1.82) is 0 Å². The number of amides is 1. The number of carbonyl (C=O) groups is 1. The SMILES string of the molecule is Cn1cnnc1Sc1ccc(C(=O)Nc2nc(-c3ccc(F)c(F)c3)cs2)cc1[N+](=O)[O-]. The summed E-state index contributed by atoms with van der Waals surface area (Å²) in [6, 6.07) is 7.44. The molecule has 162 valence electrons. The van der Waals surface area contributed by atoms with Gasteiger partial charge in [0.2, 0.25) is 0 Å². The van der Waals surface area contributed by atoms with Crippen molar-refractivity contribution in [1.82, 2.24) is 19.7 Å². The molecule has 32 heavy (non-hydrogen) atoms. The second-order valence-corrected chi connectivity index (χ2v) is 8.25. The lowest BCUT2D eigenvalue weighted by Crippen LogP contribution is -2.12. The first kappa shape index (κ1) is 21.5. The summed E-state index contributed by atoms with van der Waals surface area (Å²) in [5, 5.41) is 23.9. The first-order valence-electron chi connectivity index (χ1n) is 8.84. The Morgan fingerprint density at radius 1 is 1.22 bits per heavy atom. The number of nitro benzene ring substituents is 1. The average Bonchev–Trinajstić information content (AvgIpc) is 3.39. The zero-order valence-corrected chi connectivity index (χ0v) is 17.8. The number of rotatable bonds is 6. The Labute approximate surface area is 187 Å². The molecule has 0 saturated heterocycles. The molecule has 9 nitrogen and oxygen atoms in total. The molecule has 1 N–H and O–H groups in total. The molecular formula is C19H12F2N6O3S2. The Bertz CT molecular complexity index is 1340. The molecule has 4 rings (SSSR count). The number of carbonyl (C=O) groups excluding carboxylic acids is 1. The number of thiazole rings is 1. The van der Waals surface area contributed by atoms with E-state index in [-0.39, 0.29) is 16.4 Å². The summed E-state index contributed by atoms with van der Waals surface area (Å²) in [7, 11) is 1.71. The smallest absolute Gasteiger partial charge is 0.284 e. The fourth-order valence-corrected chi connectivity index (χ4v) is 4.20. The van der Waals surface area contributed by atoms with E-state index in [2.05, 4.69) is 20.5 Å². The second-order valence-electron chi connectivity index (χ2n) is 6.39. The molecule has 1 amide bonds. The maximum absolute atomic E-state index is 13.4. The largest absolute Gasteiger partial charge is 0.311 e. The monoisotopic (exact) mass is 474 g/mol. The number of hydrogen-bond acceptors (Lipinski definition) is 8. The van der Waals surface area contributed by atoms with E-state index >= 15 is 0 Å². The number of nitro groups is 1. The van der Waals surface area contributed by atoms with Crippen molar-refractivity contribution in [2.45, 2.75) is 10.1 Å². The molecule has 4 aromatic rings. The molecule has 2 aromatic carbocycles. The first-order valence-corrected chi connectivity index (χ1v) is 10.5. The van der Waals surface area contributed by atoms with Gasteiger partial charge in [0, 0.05) is 29.6 Å². The molecule has 0 spiro atoms. The molecule has 0 aliphatic carbocycles. The van der Waals surface area contributed by atoms with Gasteiger partial charge >= 0.3 is 0 Å². The molecular weight excluding hydrogens is 462 g/mol. The van der Waals surface area contributed by atoms with E-state index in [4.69, 9.17) is 0 Å². The Kier molecular flexibility index (Phi) is 5.92. The minimum absolute atomic E-state index is 0.0589. The third kappa shape index (κ3) is 4.48. The van der Waals surface area contributed by atoms with E-state index < -0.39 is 22.5 Å². The molecule has 0 aliphatic rings. The quantitative estimate of drug-likeness (QED) is 0.322. The number of aromatic nitrogens is 4. The van der Waals surface area contributed by atoms with E-state index in [9.17, 15) is 23.7 Å². The lowest BCUT2D eigenvalue weighted by molar-refractivity contribution is -0.387. The van der Waals surface area contributed by atoms with Gasteiger partial charge in [-0.15, -0.1) is 21.5 Å². The first-order chi connectivity index (χ1) is 15.3. The van der Waals surface area contributed by atoms with Crippen LogP contribution in [0.5, 0.6) is 0 Å². The average molecular weight is 474 g/mol. The molecule has 0 aliphatic heterocycles. The van der Waals surface area contributed by atoms with Gasteiger partial charge in [-0.2, -0.15) is 0 Å². The summed E-state index contributed by atoms with van der Waals surface area (Å²) in [5.74, 6) is -2.58. The van der Waals surface area contributed by atoms with Gasteiger partial charge < -0.3 is 4.57 Å². The van der Waals surface area contributed by atoms with Crippen LogP contribution >= 0.6 is 23.1 Å². The molecule has 0 bridgehead atoms. The number of halogens is 2. The number of hydrogen-bond donors (Lipinski definition) is 1. The van der Waals surface area contributed by atoms with E-state index in [1.165, 1.54) is 24.5 Å². The van der Waals surface area contributed by atoms with Crippen LogP contribution in [-0.4, -0.2) is 30.6 Å². The van der Waals surface area contributed by atoms with Crippen molar-refractivity contribution in [3.63, 3.8) is 0 Å². The summed E-state index contributed by atoms with van der Waals surface area (Å²) in [5.41, 5.74) is 0.503. The van der Waals surface area contributed by atoms with E-state index in [1.807, 2.05) is 0 Å². The van der Waals surface area contributed by atoms with Crippen molar-refractivity contribution in [2.24, 2.45) is 7.05 Å². The minimum atomic E-state index is -1.01. The van der Waals surface area contributed by atoms with Crippen LogP contribution in [-0.2, 0) is 7.05 Å². The van der Waals surface area contributed by atoms with Crippen LogP contribution < -0.4 is 5.32 Å². The van der Waals surface area contributed by atoms with Crippen molar-refractivity contribution >= 4 is 39.8 Å². The predicted molar refractivity (Wildman–Crippen MR) is 114 cm³/mol. The summed E-state index contributed by atoms with van der Waals surface area (Å²) in [6.07, 6.45) is 1.47. The Balaban J connectivity index is 1.54. The summed E-state index contributed by atoms with van der Waals surface area (Å²) < 4.78 is 28.2. The van der Waals surface area contributed by atoms with Crippen molar-refractivity contribution in [3.8, 4) is 11.3 Å². The molecule has 13 heteroatoms. The second kappa shape index (κ2) is 8.80. The molecule has 0 saturated carbocycles. The van der Waals surface area contributed by atoms with E-state index in [0.717, 1.165) is 41.3 Å². The molecule has 2 aromatic heterocycles. The van der Waals surface area contributed by atoms with Gasteiger partial charge in [0.15, 0.2) is 21.9 Å². The maximum atomic E-state index is 13.4. The van der Waals surface area contributed by atoms with Crippen LogP contribution in [0.25, 0.3) is 11.3 Å². The van der Waals surface area contributed by atoms with Gasteiger partial charge in [0.05, 0.1) is 15.5 Å². The number of anilines is 1. The third-order valence-electron chi connectivity index (χ3n) is 4.23. The van der Waals surface area contributed by atoms with Gasteiger partial charge in [-0.25, -0.2) is 13.8 Å². The summed E-state index contributed by atoms with van der Waals surface area (Å²) in [4.78, 5) is 28.0. The summed E-state index contributed by atoms with van der Waals surface area (Å²) in [6.45, 7) is 0. The minimum Gasteiger partial charge on any atom is -0.311 e. The Morgan fingerprint density at radius 2 is 2.03 bits per heavy atom. The molecule has 0 atom stereocenters. The molecule has 0 unspecified atom stereocenters. The van der Waals surface area contributed by atoms with E-state index in [1.54, 1.807) is 17.0 Å². The van der Waals surface area contributed by atoms with Gasteiger partial charge in [-0.3, -0.25) is 20.2 Å². The van der Waals surface area contributed by atoms with Crippen LogP contribution in [0, 0.1) is 21.7 Å². The normalized spacial score (nSPS) is 10.8. The van der Waals surface area contributed by atoms with Gasteiger partial charge in [-0.05, 0) is 42.1 Å². The van der Waals surface area contributed by atoms with Crippen LogP contribution in [0.3, 0.4) is 0 Å². The highest BCUT2D eigenvalue weighted by molar-refractivity contribution is 7.99. The lowest BCUT2D eigenvalue weighted by atomic mass is 10.2. The van der Waals surface area contributed by atoms with Crippen LogP contribution in [0.2, 0.25) is 0 Å². The van der Waals surface area contributed by atoms with Gasteiger partial charge in [-0.1, -0.05) is 0 Å². The number of nitrogens with one attached hydrogen (secondary N) is 1. The Morgan fingerprint density at radius 3 is 2.72 bits per heavy atom. The van der Waals surface area contributed by atoms with Crippen molar-refractivity contribution in [2.75, 3.05) is 5.32 Å². The van der Waals surface area contributed by atoms with E-state index in [0.29, 0.717) is 21.3 Å². The van der Waals surface area contributed by atoms with Crippen LogP contribution in [0.4, 0.5) is 19.6 Å². The van der Waals surface area contributed by atoms with Crippen molar-refractivity contribution < 1.29 is 18.5 Å². The molecule has 0 radical (unpaired) electrons. The highest BCUT2D eigenvalue weighted by atomic mass is 32.2. The lowest BCUT2D eigenvalue weighted by Gasteiger charge is -2.05.